The lowest BCUT2D eigenvalue weighted by molar-refractivity contribution is -0.136. The summed E-state index contributed by atoms with van der Waals surface area (Å²) in [7, 11) is 0. The Morgan fingerprint density at radius 1 is 1.17 bits per heavy atom. The number of anilines is 1. The topological polar surface area (TPSA) is 41.5 Å². The van der Waals surface area contributed by atoms with Crippen molar-refractivity contribution in [3.63, 3.8) is 0 Å². The second kappa shape index (κ2) is 7.23. The van der Waals surface area contributed by atoms with Crippen LogP contribution in [0, 0.1) is 0 Å². The molecule has 6 heteroatoms. The van der Waals surface area contributed by atoms with Crippen molar-refractivity contribution in [2.24, 2.45) is 0 Å². The van der Waals surface area contributed by atoms with Crippen molar-refractivity contribution in [3.8, 4) is 0 Å². The number of hydrogen-bond acceptors (Lipinski definition) is 3. The summed E-state index contributed by atoms with van der Waals surface area (Å²) in [6, 6.07) is 5.36. The van der Waals surface area contributed by atoms with Crippen LogP contribution in [0.1, 0.15) is 12.0 Å². The van der Waals surface area contributed by atoms with Gasteiger partial charge in [-0.3, -0.25) is 0 Å². The largest absolute Gasteiger partial charge is 0.418 e. The highest BCUT2D eigenvalue weighted by Gasteiger charge is 2.32. The highest BCUT2D eigenvalue weighted by molar-refractivity contribution is 5.52. The first-order valence-electron chi connectivity index (χ1n) is 5.64. The average Bonchev–Trinajstić information content (AvgIpc) is 2.33. The third kappa shape index (κ3) is 4.93. The molecule has 1 aromatic carbocycles. The van der Waals surface area contributed by atoms with Crippen molar-refractivity contribution >= 4 is 5.69 Å². The second-order valence-corrected chi connectivity index (χ2v) is 3.66. The molecule has 3 nitrogen and oxygen atoms in total. The molecule has 0 saturated carbocycles. The molecule has 18 heavy (non-hydrogen) atoms. The predicted octanol–water partition coefficient (Wildman–Crippen LogP) is 2.52. The number of nitrogens with one attached hydrogen (secondary N) is 1. The molecule has 0 aliphatic carbocycles. The summed E-state index contributed by atoms with van der Waals surface area (Å²) < 4.78 is 42.9. The van der Waals surface area contributed by atoms with E-state index in [2.05, 4.69) is 5.32 Å². The highest BCUT2D eigenvalue weighted by Crippen LogP contribution is 2.34. The van der Waals surface area contributed by atoms with Crippen molar-refractivity contribution in [2.45, 2.75) is 12.6 Å². The van der Waals surface area contributed by atoms with Crippen LogP contribution in [0.5, 0.6) is 0 Å². The van der Waals surface area contributed by atoms with Crippen LogP contribution in [0.2, 0.25) is 0 Å². The Labute approximate surface area is 104 Å². The summed E-state index contributed by atoms with van der Waals surface area (Å²) in [6.45, 7) is 0.990. The van der Waals surface area contributed by atoms with Crippen LogP contribution in [-0.4, -0.2) is 31.5 Å². The Kier molecular flexibility index (Phi) is 5.94. The van der Waals surface area contributed by atoms with E-state index in [1.54, 1.807) is 6.07 Å². The van der Waals surface area contributed by atoms with Crippen molar-refractivity contribution in [2.75, 3.05) is 31.7 Å². The van der Waals surface area contributed by atoms with E-state index in [-0.39, 0.29) is 18.9 Å². The summed E-state index contributed by atoms with van der Waals surface area (Å²) in [5.41, 5.74) is -0.589. The molecule has 2 N–H and O–H groups in total. The molecule has 0 fully saturated rings. The SMILES string of the molecule is OCCOCCCNc1ccccc1C(F)(F)F. The number of aliphatic hydroxyl groups excluding tert-OH is 1. The fourth-order valence-corrected chi connectivity index (χ4v) is 1.45. The van der Waals surface area contributed by atoms with Gasteiger partial charge in [-0.2, -0.15) is 13.2 Å². The number of halogens is 3. The van der Waals surface area contributed by atoms with E-state index in [0.29, 0.717) is 19.6 Å². The van der Waals surface area contributed by atoms with Gasteiger partial charge in [0.15, 0.2) is 0 Å². The lowest BCUT2D eigenvalue weighted by atomic mass is 10.1. The summed E-state index contributed by atoms with van der Waals surface area (Å²) in [5.74, 6) is 0. The van der Waals surface area contributed by atoms with Crippen LogP contribution in [-0.2, 0) is 10.9 Å². The van der Waals surface area contributed by atoms with Gasteiger partial charge in [-0.25, -0.2) is 0 Å². The van der Waals surface area contributed by atoms with Crippen LogP contribution in [0.15, 0.2) is 24.3 Å². The van der Waals surface area contributed by atoms with Gasteiger partial charge in [-0.15, -0.1) is 0 Å². The number of alkyl halides is 3. The zero-order chi connectivity index (χ0) is 13.4. The minimum atomic E-state index is -4.35. The van der Waals surface area contributed by atoms with Gasteiger partial charge in [0.25, 0.3) is 0 Å². The van der Waals surface area contributed by atoms with Gasteiger partial charge in [0.05, 0.1) is 18.8 Å². The average molecular weight is 263 g/mol. The zero-order valence-corrected chi connectivity index (χ0v) is 9.83. The molecule has 0 aromatic heterocycles. The molecule has 0 bridgehead atoms. The van der Waals surface area contributed by atoms with Crippen LogP contribution < -0.4 is 5.32 Å². The molecule has 0 aliphatic rings. The number of aliphatic hydroxyl groups is 1. The molecule has 0 saturated heterocycles. The summed E-state index contributed by atoms with van der Waals surface area (Å²) in [5, 5.41) is 11.2. The van der Waals surface area contributed by atoms with Gasteiger partial charge in [0.2, 0.25) is 0 Å². The molecule has 0 radical (unpaired) electrons. The van der Waals surface area contributed by atoms with E-state index in [0.717, 1.165) is 6.07 Å². The van der Waals surface area contributed by atoms with E-state index in [1.165, 1.54) is 12.1 Å². The highest BCUT2D eigenvalue weighted by atomic mass is 19.4. The van der Waals surface area contributed by atoms with E-state index in [4.69, 9.17) is 9.84 Å². The Bertz CT molecular complexity index is 355. The zero-order valence-electron chi connectivity index (χ0n) is 9.83. The maximum Gasteiger partial charge on any atom is 0.418 e. The van der Waals surface area contributed by atoms with Crippen molar-refractivity contribution in [1.29, 1.82) is 0 Å². The Morgan fingerprint density at radius 2 is 1.89 bits per heavy atom. The normalized spacial score (nSPS) is 11.6. The van der Waals surface area contributed by atoms with Gasteiger partial charge in [-0.05, 0) is 18.6 Å². The maximum absolute atomic E-state index is 12.6. The smallest absolute Gasteiger partial charge is 0.394 e. The van der Waals surface area contributed by atoms with Crippen molar-refractivity contribution < 1.29 is 23.0 Å². The third-order valence-electron chi connectivity index (χ3n) is 2.25. The third-order valence-corrected chi connectivity index (χ3v) is 2.25. The summed E-state index contributed by atoms with van der Waals surface area (Å²) in [6.07, 6.45) is -3.77. The standard InChI is InChI=1S/C12H16F3NO2/c13-12(14,15)10-4-1-2-5-11(10)16-6-3-8-18-9-7-17/h1-2,4-5,16-17H,3,6-9H2. The molecule has 0 amide bonds. The van der Waals surface area contributed by atoms with Crippen LogP contribution >= 0.6 is 0 Å². The van der Waals surface area contributed by atoms with E-state index in [1.807, 2.05) is 0 Å². The molecular weight excluding hydrogens is 247 g/mol. The van der Waals surface area contributed by atoms with Gasteiger partial charge in [0, 0.05) is 18.8 Å². The van der Waals surface area contributed by atoms with Crippen LogP contribution in [0.25, 0.3) is 0 Å². The number of para-hydroxylation sites is 1. The molecule has 0 unspecified atom stereocenters. The Morgan fingerprint density at radius 3 is 2.56 bits per heavy atom. The van der Waals surface area contributed by atoms with Crippen LogP contribution in [0.3, 0.4) is 0 Å². The summed E-state index contributed by atoms with van der Waals surface area (Å²) in [4.78, 5) is 0. The molecular formula is C12H16F3NO2. The quantitative estimate of drug-likeness (QED) is 0.743. The van der Waals surface area contributed by atoms with Crippen molar-refractivity contribution in [1.82, 2.24) is 0 Å². The molecule has 1 aromatic rings. The second-order valence-electron chi connectivity index (χ2n) is 3.66. The molecule has 102 valence electrons. The van der Waals surface area contributed by atoms with E-state index < -0.39 is 11.7 Å². The monoisotopic (exact) mass is 263 g/mol. The molecule has 0 spiro atoms. The first kappa shape index (κ1) is 14.8. The lowest BCUT2D eigenvalue weighted by Gasteiger charge is -2.14. The van der Waals surface area contributed by atoms with E-state index in [9.17, 15) is 13.2 Å². The van der Waals surface area contributed by atoms with E-state index >= 15 is 0 Å². The molecule has 0 atom stereocenters. The molecule has 0 heterocycles. The van der Waals surface area contributed by atoms with Crippen molar-refractivity contribution in [3.05, 3.63) is 29.8 Å². The Balaban J connectivity index is 2.43. The lowest BCUT2D eigenvalue weighted by Crippen LogP contribution is -2.13. The predicted molar refractivity (Wildman–Crippen MR) is 62.5 cm³/mol. The first-order valence-corrected chi connectivity index (χ1v) is 5.64. The minimum absolute atomic E-state index is 0.0513. The maximum atomic E-state index is 12.6. The fraction of sp³-hybridized carbons (Fsp3) is 0.500. The van der Waals surface area contributed by atoms with Gasteiger partial charge in [0.1, 0.15) is 0 Å². The van der Waals surface area contributed by atoms with Crippen LogP contribution in [0.4, 0.5) is 18.9 Å². The minimum Gasteiger partial charge on any atom is -0.394 e. The van der Waals surface area contributed by atoms with Gasteiger partial charge < -0.3 is 15.2 Å². The molecule has 1 rings (SSSR count). The number of rotatable bonds is 7. The molecule has 0 aliphatic heterocycles. The summed E-state index contributed by atoms with van der Waals surface area (Å²) >= 11 is 0. The first-order chi connectivity index (χ1) is 8.55. The van der Waals surface area contributed by atoms with Gasteiger partial charge >= 0.3 is 6.18 Å². The number of benzene rings is 1. The fourth-order valence-electron chi connectivity index (χ4n) is 1.45. The van der Waals surface area contributed by atoms with Gasteiger partial charge in [-0.1, -0.05) is 12.1 Å². The number of hydrogen-bond donors (Lipinski definition) is 2. The Hall–Kier alpha value is -1.27. The number of ether oxygens (including phenoxy) is 1.